The molecule has 1 fully saturated rings. The maximum atomic E-state index is 8.89. The van der Waals surface area contributed by atoms with Crippen LogP contribution in [-0.2, 0) is 0 Å². The Morgan fingerprint density at radius 3 is 2.72 bits per heavy atom. The van der Waals surface area contributed by atoms with Crippen LogP contribution in [0, 0.1) is 11.3 Å². The predicted octanol–water partition coefficient (Wildman–Crippen LogP) is 3.73. The fraction of sp³-hybridized carbons (Fsp3) is 0.250. The van der Waals surface area contributed by atoms with E-state index in [4.69, 9.17) is 5.26 Å². The van der Waals surface area contributed by atoms with Crippen LogP contribution in [0.5, 0.6) is 0 Å². The molecule has 1 atom stereocenters. The molecule has 2 aromatic heterocycles. The van der Waals surface area contributed by atoms with Gasteiger partial charge in [-0.2, -0.15) is 5.26 Å². The molecule has 5 heteroatoms. The summed E-state index contributed by atoms with van der Waals surface area (Å²) in [6.45, 7) is 1.92. The SMILES string of the molecule is N#Cc1ccc(N2CCCC(c3ncc(-c4ccccc4)[nH]3)C2)cn1. The molecule has 4 rings (SSSR count). The molecule has 1 aromatic carbocycles. The zero-order valence-corrected chi connectivity index (χ0v) is 13.9. The maximum absolute atomic E-state index is 8.89. The normalized spacial score (nSPS) is 17.2. The van der Waals surface area contributed by atoms with E-state index in [1.54, 1.807) is 12.3 Å². The molecule has 0 aliphatic carbocycles. The lowest BCUT2D eigenvalue weighted by Crippen LogP contribution is -2.34. The molecule has 1 aliphatic heterocycles. The number of rotatable bonds is 3. The van der Waals surface area contributed by atoms with Gasteiger partial charge >= 0.3 is 0 Å². The summed E-state index contributed by atoms with van der Waals surface area (Å²) < 4.78 is 0. The van der Waals surface area contributed by atoms with E-state index in [-0.39, 0.29) is 0 Å². The van der Waals surface area contributed by atoms with E-state index in [2.05, 4.69) is 38.1 Å². The number of hydrogen-bond donors (Lipinski definition) is 1. The highest BCUT2D eigenvalue weighted by Crippen LogP contribution is 2.29. The quantitative estimate of drug-likeness (QED) is 0.795. The molecule has 124 valence electrons. The average molecular weight is 329 g/mol. The van der Waals surface area contributed by atoms with Crippen molar-refractivity contribution in [2.24, 2.45) is 0 Å². The van der Waals surface area contributed by atoms with E-state index < -0.39 is 0 Å². The highest BCUT2D eigenvalue weighted by atomic mass is 15.1. The second kappa shape index (κ2) is 6.78. The van der Waals surface area contributed by atoms with Gasteiger partial charge in [0.2, 0.25) is 0 Å². The smallest absolute Gasteiger partial charge is 0.140 e. The first kappa shape index (κ1) is 15.4. The monoisotopic (exact) mass is 329 g/mol. The van der Waals surface area contributed by atoms with Gasteiger partial charge in [0.05, 0.1) is 23.8 Å². The van der Waals surface area contributed by atoms with Crippen molar-refractivity contribution in [2.45, 2.75) is 18.8 Å². The van der Waals surface area contributed by atoms with Crippen LogP contribution in [0.1, 0.15) is 30.3 Å². The number of aromatic amines is 1. The summed E-state index contributed by atoms with van der Waals surface area (Å²) in [6.07, 6.45) is 5.96. The third-order valence-electron chi connectivity index (χ3n) is 4.72. The number of aromatic nitrogens is 3. The Morgan fingerprint density at radius 1 is 1.08 bits per heavy atom. The molecule has 1 N–H and O–H groups in total. The molecule has 0 radical (unpaired) electrons. The molecule has 25 heavy (non-hydrogen) atoms. The molecule has 0 spiro atoms. The Kier molecular flexibility index (Phi) is 4.17. The third-order valence-corrected chi connectivity index (χ3v) is 4.72. The van der Waals surface area contributed by atoms with Gasteiger partial charge in [-0.3, -0.25) is 0 Å². The molecular formula is C20H19N5. The van der Waals surface area contributed by atoms with Crippen molar-refractivity contribution in [2.75, 3.05) is 18.0 Å². The van der Waals surface area contributed by atoms with Crippen LogP contribution in [0.4, 0.5) is 5.69 Å². The van der Waals surface area contributed by atoms with Gasteiger partial charge in [0, 0.05) is 19.0 Å². The van der Waals surface area contributed by atoms with E-state index in [9.17, 15) is 0 Å². The van der Waals surface area contributed by atoms with E-state index in [1.165, 1.54) is 0 Å². The van der Waals surface area contributed by atoms with Gasteiger partial charge in [-0.15, -0.1) is 0 Å². The number of nitrogens with one attached hydrogen (secondary N) is 1. The Labute approximate surface area is 147 Å². The van der Waals surface area contributed by atoms with Gasteiger partial charge < -0.3 is 9.88 Å². The second-order valence-corrected chi connectivity index (χ2v) is 6.35. The van der Waals surface area contributed by atoms with Gasteiger partial charge in [0.15, 0.2) is 0 Å². The number of pyridine rings is 1. The molecule has 1 saturated heterocycles. The number of hydrogen-bond acceptors (Lipinski definition) is 4. The van der Waals surface area contributed by atoms with Crippen molar-refractivity contribution in [3.05, 3.63) is 66.4 Å². The van der Waals surface area contributed by atoms with Crippen molar-refractivity contribution in [1.82, 2.24) is 15.0 Å². The number of H-pyrrole nitrogens is 1. The first-order chi connectivity index (χ1) is 12.3. The second-order valence-electron chi connectivity index (χ2n) is 6.35. The van der Waals surface area contributed by atoms with Crippen molar-refractivity contribution >= 4 is 5.69 Å². The molecule has 0 saturated carbocycles. The number of piperidine rings is 1. The van der Waals surface area contributed by atoms with E-state index >= 15 is 0 Å². The Bertz CT molecular complexity index is 876. The highest BCUT2D eigenvalue weighted by molar-refractivity contribution is 5.58. The highest BCUT2D eigenvalue weighted by Gasteiger charge is 2.24. The van der Waals surface area contributed by atoms with Crippen molar-refractivity contribution in [3.8, 4) is 17.3 Å². The Hall–Kier alpha value is -3.13. The van der Waals surface area contributed by atoms with Gasteiger partial charge in [-0.1, -0.05) is 30.3 Å². The number of nitrogens with zero attached hydrogens (tertiary/aromatic N) is 4. The number of nitriles is 1. The number of benzene rings is 1. The molecule has 3 heterocycles. The van der Waals surface area contributed by atoms with Crippen molar-refractivity contribution in [3.63, 3.8) is 0 Å². The van der Waals surface area contributed by atoms with Crippen LogP contribution >= 0.6 is 0 Å². The van der Waals surface area contributed by atoms with Crippen molar-refractivity contribution < 1.29 is 0 Å². The molecule has 0 bridgehead atoms. The minimum absolute atomic E-state index is 0.377. The molecular weight excluding hydrogens is 310 g/mol. The lowest BCUT2D eigenvalue weighted by Gasteiger charge is -2.33. The van der Waals surface area contributed by atoms with Gasteiger partial charge in [0.25, 0.3) is 0 Å². The van der Waals surface area contributed by atoms with E-state index in [0.29, 0.717) is 11.6 Å². The summed E-state index contributed by atoms with van der Waals surface area (Å²) >= 11 is 0. The zero-order chi connectivity index (χ0) is 17.1. The minimum Gasteiger partial charge on any atom is -0.370 e. The summed E-state index contributed by atoms with van der Waals surface area (Å²) in [5.74, 6) is 1.42. The van der Waals surface area contributed by atoms with E-state index in [1.807, 2.05) is 30.5 Å². The zero-order valence-electron chi connectivity index (χ0n) is 13.9. The first-order valence-corrected chi connectivity index (χ1v) is 8.55. The van der Waals surface area contributed by atoms with Gasteiger partial charge in [-0.05, 0) is 30.5 Å². The first-order valence-electron chi connectivity index (χ1n) is 8.55. The van der Waals surface area contributed by atoms with E-state index in [0.717, 1.165) is 48.7 Å². The van der Waals surface area contributed by atoms with Crippen molar-refractivity contribution in [1.29, 1.82) is 5.26 Å². The number of imidazole rings is 1. The van der Waals surface area contributed by atoms with Crippen LogP contribution in [0.25, 0.3) is 11.3 Å². The van der Waals surface area contributed by atoms with Gasteiger partial charge in [0.1, 0.15) is 17.6 Å². The largest absolute Gasteiger partial charge is 0.370 e. The van der Waals surface area contributed by atoms with Crippen LogP contribution < -0.4 is 4.90 Å². The van der Waals surface area contributed by atoms with Crippen LogP contribution in [0.2, 0.25) is 0 Å². The standard InChI is InChI=1S/C20H19N5/c21-11-17-8-9-18(12-22-17)25-10-4-7-16(14-25)20-23-13-19(24-20)15-5-2-1-3-6-15/h1-3,5-6,8-9,12-13,16H,4,7,10,14H2,(H,23,24). The average Bonchev–Trinajstić information content (AvgIpc) is 3.19. The lowest BCUT2D eigenvalue weighted by molar-refractivity contribution is 0.494. The Morgan fingerprint density at radius 2 is 1.96 bits per heavy atom. The summed E-state index contributed by atoms with van der Waals surface area (Å²) in [5, 5.41) is 8.89. The predicted molar refractivity (Wildman–Crippen MR) is 97.2 cm³/mol. The molecule has 1 unspecified atom stereocenters. The van der Waals surface area contributed by atoms with Crippen LogP contribution in [0.15, 0.2) is 54.9 Å². The minimum atomic E-state index is 0.377. The molecule has 3 aromatic rings. The molecule has 1 aliphatic rings. The number of anilines is 1. The maximum Gasteiger partial charge on any atom is 0.140 e. The topological polar surface area (TPSA) is 68.6 Å². The summed E-state index contributed by atoms with van der Waals surface area (Å²) in [4.78, 5) is 14.6. The molecule has 0 amide bonds. The Balaban J connectivity index is 1.51. The summed E-state index contributed by atoms with van der Waals surface area (Å²) in [5.41, 5.74) is 3.74. The fourth-order valence-corrected chi connectivity index (χ4v) is 3.38. The summed E-state index contributed by atoms with van der Waals surface area (Å²) in [6, 6.07) is 16.1. The summed E-state index contributed by atoms with van der Waals surface area (Å²) in [7, 11) is 0. The fourth-order valence-electron chi connectivity index (χ4n) is 3.38. The van der Waals surface area contributed by atoms with Crippen LogP contribution in [-0.4, -0.2) is 28.0 Å². The third kappa shape index (κ3) is 3.24. The molecule has 5 nitrogen and oxygen atoms in total. The van der Waals surface area contributed by atoms with Gasteiger partial charge in [-0.25, -0.2) is 9.97 Å². The lowest BCUT2D eigenvalue weighted by atomic mass is 9.97. The van der Waals surface area contributed by atoms with Crippen LogP contribution in [0.3, 0.4) is 0 Å².